The molecule has 1 saturated carbocycles. The van der Waals surface area contributed by atoms with E-state index >= 15 is 0 Å². The highest BCUT2D eigenvalue weighted by atomic mass is 16.4. The lowest BCUT2D eigenvalue weighted by Gasteiger charge is -2.24. The molecule has 1 heterocycles. The van der Waals surface area contributed by atoms with E-state index in [4.69, 9.17) is 0 Å². The summed E-state index contributed by atoms with van der Waals surface area (Å²) in [5.41, 5.74) is 2.00. The lowest BCUT2D eigenvalue weighted by Crippen LogP contribution is -2.27. The average Bonchev–Trinajstić information content (AvgIpc) is 3.09. The molecule has 0 radical (unpaired) electrons. The summed E-state index contributed by atoms with van der Waals surface area (Å²) < 4.78 is 2.03. The molecule has 132 valence electrons. The minimum Gasteiger partial charge on any atom is -0.478 e. The van der Waals surface area contributed by atoms with Crippen molar-refractivity contribution in [2.75, 3.05) is 0 Å². The molecule has 2 N–H and O–H groups in total. The van der Waals surface area contributed by atoms with Crippen LogP contribution in [0, 0.1) is 6.92 Å². The molecule has 0 atom stereocenters. The molecule has 2 aromatic rings. The number of nitrogens with zero attached hydrogens (tertiary/aromatic N) is 2. The standard InChI is InChI=1S/C19H23N3O3/c1-13-16(8-5-9-17(13)19(24)25)18(23)20-12-15-10-11-21-22(15)14-6-3-2-4-7-14/h5,8-11,14H,2-4,6-7,12H2,1H3,(H,20,23)(H,24,25). The number of hydrogen-bond donors (Lipinski definition) is 2. The zero-order valence-corrected chi connectivity index (χ0v) is 14.4. The van der Waals surface area contributed by atoms with Gasteiger partial charge in [-0.3, -0.25) is 9.48 Å². The van der Waals surface area contributed by atoms with E-state index in [-0.39, 0.29) is 11.5 Å². The minimum atomic E-state index is -1.03. The fourth-order valence-corrected chi connectivity index (χ4v) is 3.52. The number of rotatable bonds is 5. The fourth-order valence-electron chi connectivity index (χ4n) is 3.52. The molecule has 0 spiro atoms. The smallest absolute Gasteiger partial charge is 0.335 e. The van der Waals surface area contributed by atoms with E-state index in [2.05, 4.69) is 10.4 Å². The van der Waals surface area contributed by atoms with Crippen LogP contribution in [0.2, 0.25) is 0 Å². The van der Waals surface area contributed by atoms with Crippen molar-refractivity contribution in [3.8, 4) is 0 Å². The lowest BCUT2D eigenvalue weighted by atomic mass is 9.95. The minimum absolute atomic E-state index is 0.153. The van der Waals surface area contributed by atoms with Crippen LogP contribution in [0.25, 0.3) is 0 Å². The van der Waals surface area contributed by atoms with Gasteiger partial charge >= 0.3 is 5.97 Å². The molecule has 6 heteroatoms. The predicted octanol–water partition coefficient (Wildman–Crippen LogP) is 3.32. The van der Waals surface area contributed by atoms with Gasteiger partial charge in [0.25, 0.3) is 5.91 Å². The normalized spacial score (nSPS) is 15.1. The molecular formula is C19H23N3O3. The Balaban J connectivity index is 1.70. The van der Waals surface area contributed by atoms with E-state index in [0.29, 0.717) is 23.7 Å². The highest BCUT2D eigenvalue weighted by Crippen LogP contribution is 2.28. The third-order valence-electron chi connectivity index (χ3n) is 4.91. The number of aromatic carboxylic acids is 1. The van der Waals surface area contributed by atoms with Crippen molar-refractivity contribution >= 4 is 11.9 Å². The van der Waals surface area contributed by atoms with Crippen LogP contribution in [-0.2, 0) is 6.54 Å². The van der Waals surface area contributed by atoms with Gasteiger partial charge in [-0.2, -0.15) is 5.10 Å². The molecular weight excluding hydrogens is 318 g/mol. The van der Waals surface area contributed by atoms with E-state index in [1.165, 1.54) is 25.3 Å². The Morgan fingerprint density at radius 3 is 2.64 bits per heavy atom. The van der Waals surface area contributed by atoms with Gasteiger partial charge in [0.15, 0.2) is 0 Å². The summed E-state index contributed by atoms with van der Waals surface area (Å²) in [7, 11) is 0. The van der Waals surface area contributed by atoms with Gasteiger partial charge in [-0.05, 0) is 43.5 Å². The number of nitrogens with one attached hydrogen (secondary N) is 1. The van der Waals surface area contributed by atoms with Gasteiger partial charge in [0.2, 0.25) is 0 Å². The summed E-state index contributed by atoms with van der Waals surface area (Å²) >= 11 is 0. The lowest BCUT2D eigenvalue weighted by molar-refractivity contribution is 0.0696. The molecule has 1 fully saturated rings. The molecule has 1 aromatic carbocycles. The molecule has 25 heavy (non-hydrogen) atoms. The number of aromatic nitrogens is 2. The zero-order valence-electron chi connectivity index (χ0n) is 14.4. The van der Waals surface area contributed by atoms with Crippen LogP contribution in [0.3, 0.4) is 0 Å². The Bertz CT molecular complexity index is 776. The average molecular weight is 341 g/mol. The van der Waals surface area contributed by atoms with Crippen LogP contribution in [0.15, 0.2) is 30.5 Å². The maximum atomic E-state index is 12.5. The van der Waals surface area contributed by atoms with Crippen LogP contribution in [0.4, 0.5) is 0 Å². The molecule has 1 aromatic heterocycles. The van der Waals surface area contributed by atoms with E-state index in [1.54, 1.807) is 25.3 Å². The highest BCUT2D eigenvalue weighted by molar-refractivity contribution is 5.99. The second-order valence-electron chi connectivity index (χ2n) is 6.52. The quantitative estimate of drug-likeness (QED) is 0.874. The number of carbonyl (C=O) groups excluding carboxylic acids is 1. The van der Waals surface area contributed by atoms with Gasteiger partial charge in [0, 0.05) is 11.8 Å². The number of hydrogen-bond acceptors (Lipinski definition) is 3. The van der Waals surface area contributed by atoms with E-state index in [1.807, 2.05) is 10.7 Å². The van der Waals surface area contributed by atoms with Gasteiger partial charge in [-0.1, -0.05) is 25.3 Å². The first kappa shape index (κ1) is 17.2. The molecule has 1 amide bonds. The summed E-state index contributed by atoms with van der Waals surface area (Å²) in [6.07, 6.45) is 7.75. The van der Waals surface area contributed by atoms with E-state index in [9.17, 15) is 14.7 Å². The molecule has 0 saturated heterocycles. The monoisotopic (exact) mass is 341 g/mol. The van der Waals surface area contributed by atoms with Gasteiger partial charge in [-0.15, -0.1) is 0 Å². The topological polar surface area (TPSA) is 84.2 Å². The van der Waals surface area contributed by atoms with Crippen LogP contribution in [0.5, 0.6) is 0 Å². The summed E-state index contributed by atoms with van der Waals surface area (Å²) in [6.45, 7) is 2.04. The van der Waals surface area contributed by atoms with Crippen molar-refractivity contribution < 1.29 is 14.7 Å². The Morgan fingerprint density at radius 1 is 1.20 bits per heavy atom. The van der Waals surface area contributed by atoms with Gasteiger partial charge < -0.3 is 10.4 Å². The van der Waals surface area contributed by atoms with Gasteiger partial charge in [0.05, 0.1) is 23.8 Å². The van der Waals surface area contributed by atoms with Crippen LogP contribution in [-0.4, -0.2) is 26.8 Å². The van der Waals surface area contributed by atoms with Crippen molar-refractivity contribution in [1.82, 2.24) is 15.1 Å². The van der Waals surface area contributed by atoms with Crippen LogP contribution >= 0.6 is 0 Å². The van der Waals surface area contributed by atoms with Gasteiger partial charge in [0.1, 0.15) is 0 Å². The molecule has 1 aliphatic rings. The largest absolute Gasteiger partial charge is 0.478 e. The first-order valence-corrected chi connectivity index (χ1v) is 8.71. The Hall–Kier alpha value is -2.63. The third-order valence-corrected chi connectivity index (χ3v) is 4.91. The van der Waals surface area contributed by atoms with E-state index < -0.39 is 5.97 Å². The van der Waals surface area contributed by atoms with Crippen molar-refractivity contribution in [3.05, 3.63) is 52.8 Å². The van der Waals surface area contributed by atoms with Crippen LogP contribution in [0.1, 0.15) is 70.1 Å². The SMILES string of the molecule is Cc1c(C(=O)O)cccc1C(=O)NCc1ccnn1C1CCCCC1. The van der Waals surface area contributed by atoms with Crippen molar-refractivity contribution in [2.45, 2.75) is 51.6 Å². The van der Waals surface area contributed by atoms with E-state index in [0.717, 1.165) is 18.5 Å². The molecule has 0 aliphatic heterocycles. The number of benzene rings is 1. The molecule has 0 unspecified atom stereocenters. The van der Waals surface area contributed by atoms with Crippen molar-refractivity contribution in [2.24, 2.45) is 0 Å². The summed E-state index contributed by atoms with van der Waals surface area (Å²) in [4.78, 5) is 23.7. The predicted molar refractivity (Wildman–Crippen MR) is 93.7 cm³/mol. The maximum Gasteiger partial charge on any atom is 0.335 e. The highest BCUT2D eigenvalue weighted by Gasteiger charge is 2.19. The van der Waals surface area contributed by atoms with Gasteiger partial charge in [-0.25, -0.2) is 4.79 Å². The summed E-state index contributed by atoms with van der Waals surface area (Å²) in [5.74, 6) is -1.29. The maximum absolute atomic E-state index is 12.5. The number of carbonyl (C=O) groups is 2. The first-order chi connectivity index (χ1) is 12.1. The molecule has 6 nitrogen and oxygen atoms in total. The molecule has 1 aliphatic carbocycles. The van der Waals surface area contributed by atoms with Crippen molar-refractivity contribution in [1.29, 1.82) is 0 Å². The Kier molecular flexibility index (Phi) is 5.16. The molecule has 3 rings (SSSR count). The Morgan fingerprint density at radius 2 is 1.92 bits per heavy atom. The zero-order chi connectivity index (χ0) is 17.8. The fraction of sp³-hybridized carbons (Fsp3) is 0.421. The Labute approximate surface area is 146 Å². The van der Waals surface area contributed by atoms with Crippen LogP contribution < -0.4 is 5.32 Å². The third kappa shape index (κ3) is 3.73. The number of carboxylic acids is 1. The summed E-state index contributed by atoms with van der Waals surface area (Å²) in [6, 6.07) is 7.09. The first-order valence-electron chi connectivity index (χ1n) is 8.71. The second kappa shape index (κ2) is 7.51. The second-order valence-corrected chi connectivity index (χ2v) is 6.52. The van der Waals surface area contributed by atoms with Crippen molar-refractivity contribution in [3.63, 3.8) is 0 Å². The molecule has 0 bridgehead atoms. The number of carboxylic acid groups (broad SMARTS) is 1. The number of amides is 1. The summed E-state index contributed by atoms with van der Waals surface area (Å²) in [5, 5.41) is 16.5.